The lowest BCUT2D eigenvalue weighted by molar-refractivity contribution is 0.0578. The molecule has 3 atom stereocenters. The zero-order chi connectivity index (χ0) is 15.4. The minimum atomic E-state index is -0.0618. The van der Waals surface area contributed by atoms with E-state index in [0.717, 1.165) is 24.4 Å². The van der Waals surface area contributed by atoms with Crippen molar-refractivity contribution in [2.24, 2.45) is 11.7 Å². The molecule has 1 aromatic heterocycles. The molecule has 1 aliphatic rings. The first kappa shape index (κ1) is 22.6. The second-order valence-electron chi connectivity index (χ2n) is 5.68. The summed E-state index contributed by atoms with van der Waals surface area (Å²) in [5.41, 5.74) is 5.84. The standard InChI is InChI=1S/C15H25N3O2S.2ClH/c1-4-20-11(3)14-17-9-13(21-14)15(19)18-6-5-10(2)7-12(18)8-16;;/h9-12H,4-8,16H2,1-3H3;2*1H. The molecule has 1 saturated heterocycles. The minimum Gasteiger partial charge on any atom is -0.372 e. The molecule has 1 fully saturated rings. The van der Waals surface area contributed by atoms with Crippen molar-refractivity contribution < 1.29 is 9.53 Å². The zero-order valence-corrected chi connectivity index (χ0v) is 16.3. The summed E-state index contributed by atoms with van der Waals surface area (Å²) < 4.78 is 5.53. The molecule has 0 aliphatic carbocycles. The number of aromatic nitrogens is 1. The number of hydrogen-bond donors (Lipinski definition) is 1. The van der Waals surface area contributed by atoms with Gasteiger partial charge >= 0.3 is 0 Å². The van der Waals surface area contributed by atoms with Crippen LogP contribution in [0.15, 0.2) is 6.20 Å². The highest BCUT2D eigenvalue weighted by atomic mass is 35.5. The Kier molecular flexibility index (Phi) is 10.3. The lowest BCUT2D eigenvalue weighted by Gasteiger charge is -2.37. The molecule has 3 unspecified atom stereocenters. The van der Waals surface area contributed by atoms with Crippen molar-refractivity contribution in [3.63, 3.8) is 0 Å². The molecule has 1 aliphatic heterocycles. The van der Waals surface area contributed by atoms with Crippen LogP contribution in [0.4, 0.5) is 0 Å². The Morgan fingerprint density at radius 2 is 2.26 bits per heavy atom. The van der Waals surface area contributed by atoms with Gasteiger partial charge in [-0.25, -0.2) is 4.98 Å². The van der Waals surface area contributed by atoms with Crippen LogP contribution < -0.4 is 5.73 Å². The normalized spacial score (nSPS) is 22.0. The Hall–Kier alpha value is -0.400. The van der Waals surface area contributed by atoms with Gasteiger partial charge in [-0.1, -0.05) is 6.92 Å². The number of nitrogens with zero attached hydrogens (tertiary/aromatic N) is 2. The molecule has 1 aromatic rings. The molecule has 0 radical (unpaired) electrons. The third kappa shape index (κ3) is 5.57. The number of hydrogen-bond acceptors (Lipinski definition) is 5. The molecule has 0 bridgehead atoms. The first-order valence-electron chi connectivity index (χ1n) is 7.65. The molecule has 0 spiro atoms. The average molecular weight is 384 g/mol. The molecular formula is C15H27Cl2N3O2S. The van der Waals surface area contributed by atoms with Gasteiger partial charge in [-0.3, -0.25) is 4.79 Å². The summed E-state index contributed by atoms with van der Waals surface area (Å²) in [5, 5.41) is 0.856. The summed E-state index contributed by atoms with van der Waals surface area (Å²) >= 11 is 1.43. The Morgan fingerprint density at radius 1 is 1.57 bits per heavy atom. The maximum absolute atomic E-state index is 12.7. The van der Waals surface area contributed by atoms with E-state index in [9.17, 15) is 4.79 Å². The molecule has 0 saturated carbocycles. The van der Waals surface area contributed by atoms with Gasteiger partial charge in [-0.2, -0.15) is 0 Å². The maximum Gasteiger partial charge on any atom is 0.265 e. The van der Waals surface area contributed by atoms with Crippen LogP contribution in [0.5, 0.6) is 0 Å². The van der Waals surface area contributed by atoms with Crippen LogP contribution in [-0.4, -0.2) is 41.5 Å². The number of amides is 1. The summed E-state index contributed by atoms with van der Waals surface area (Å²) in [4.78, 5) is 19.6. The molecule has 2 heterocycles. The lowest BCUT2D eigenvalue weighted by atomic mass is 9.92. The van der Waals surface area contributed by atoms with Gasteiger partial charge in [0.2, 0.25) is 0 Å². The molecule has 1 amide bonds. The molecule has 0 aromatic carbocycles. The molecule has 23 heavy (non-hydrogen) atoms. The van der Waals surface area contributed by atoms with E-state index in [0.29, 0.717) is 23.9 Å². The first-order valence-corrected chi connectivity index (χ1v) is 8.46. The third-order valence-electron chi connectivity index (χ3n) is 4.01. The predicted octanol–water partition coefficient (Wildman–Crippen LogP) is 3.28. The Balaban J connectivity index is 0.00000242. The highest BCUT2D eigenvalue weighted by Gasteiger charge is 2.30. The third-order valence-corrected chi connectivity index (χ3v) is 5.16. The molecule has 2 rings (SSSR count). The van der Waals surface area contributed by atoms with Gasteiger partial charge in [0, 0.05) is 25.7 Å². The summed E-state index contributed by atoms with van der Waals surface area (Å²) in [6.07, 6.45) is 3.64. The van der Waals surface area contributed by atoms with E-state index in [4.69, 9.17) is 10.5 Å². The number of thiazole rings is 1. The largest absolute Gasteiger partial charge is 0.372 e. The molecule has 2 N–H and O–H groups in total. The number of piperidine rings is 1. The molecule has 5 nitrogen and oxygen atoms in total. The smallest absolute Gasteiger partial charge is 0.265 e. The zero-order valence-electron chi connectivity index (χ0n) is 13.9. The number of nitrogens with two attached hydrogens (primary N) is 1. The van der Waals surface area contributed by atoms with E-state index in [2.05, 4.69) is 11.9 Å². The van der Waals surface area contributed by atoms with Crippen LogP contribution >= 0.6 is 36.2 Å². The number of halogens is 2. The van der Waals surface area contributed by atoms with Crippen LogP contribution in [-0.2, 0) is 4.74 Å². The van der Waals surface area contributed by atoms with Crippen molar-refractivity contribution in [3.05, 3.63) is 16.1 Å². The topological polar surface area (TPSA) is 68.5 Å². The Bertz CT molecular complexity index is 487. The van der Waals surface area contributed by atoms with Crippen LogP contribution in [0.2, 0.25) is 0 Å². The van der Waals surface area contributed by atoms with Crippen molar-refractivity contribution >= 4 is 42.1 Å². The second kappa shape index (κ2) is 10.5. The summed E-state index contributed by atoms with van der Waals surface area (Å²) in [6.45, 7) is 8.09. The van der Waals surface area contributed by atoms with Crippen LogP contribution in [0.25, 0.3) is 0 Å². The summed E-state index contributed by atoms with van der Waals surface area (Å²) in [7, 11) is 0. The van der Waals surface area contributed by atoms with Gasteiger partial charge in [0.05, 0.1) is 6.20 Å². The first-order chi connectivity index (χ1) is 10.1. The predicted molar refractivity (Wildman–Crippen MR) is 98.9 cm³/mol. The van der Waals surface area contributed by atoms with Crippen molar-refractivity contribution in [2.45, 2.75) is 45.8 Å². The van der Waals surface area contributed by atoms with Crippen molar-refractivity contribution in [3.8, 4) is 0 Å². The van der Waals surface area contributed by atoms with E-state index in [-0.39, 0.29) is 42.9 Å². The highest BCUT2D eigenvalue weighted by Crippen LogP contribution is 2.27. The fraction of sp³-hybridized carbons (Fsp3) is 0.733. The molecular weight excluding hydrogens is 357 g/mol. The van der Waals surface area contributed by atoms with Gasteiger partial charge in [0.25, 0.3) is 5.91 Å². The number of rotatable bonds is 5. The SMILES string of the molecule is CCOC(C)c1ncc(C(=O)N2CCC(C)CC2CN)s1.Cl.Cl. The van der Waals surface area contributed by atoms with Crippen LogP contribution in [0, 0.1) is 5.92 Å². The Labute approximate surface area is 154 Å². The van der Waals surface area contributed by atoms with Crippen molar-refractivity contribution in [1.82, 2.24) is 9.88 Å². The highest BCUT2D eigenvalue weighted by molar-refractivity contribution is 7.13. The lowest BCUT2D eigenvalue weighted by Crippen LogP contribution is -2.49. The van der Waals surface area contributed by atoms with Gasteiger partial charge in [-0.15, -0.1) is 36.2 Å². The van der Waals surface area contributed by atoms with E-state index in [1.54, 1.807) is 6.20 Å². The van der Waals surface area contributed by atoms with E-state index in [1.165, 1.54) is 11.3 Å². The van der Waals surface area contributed by atoms with Gasteiger partial charge in [0.1, 0.15) is 16.0 Å². The minimum absolute atomic E-state index is 0. The van der Waals surface area contributed by atoms with E-state index >= 15 is 0 Å². The molecule has 134 valence electrons. The number of ether oxygens (including phenoxy) is 1. The van der Waals surface area contributed by atoms with Gasteiger partial charge in [0.15, 0.2) is 0 Å². The van der Waals surface area contributed by atoms with Gasteiger partial charge < -0.3 is 15.4 Å². The average Bonchev–Trinajstić information content (AvgIpc) is 2.96. The Morgan fingerprint density at radius 3 is 2.87 bits per heavy atom. The monoisotopic (exact) mass is 383 g/mol. The van der Waals surface area contributed by atoms with E-state index < -0.39 is 0 Å². The van der Waals surface area contributed by atoms with Crippen molar-refractivity contribution in [2.75, 3.05) is 19.7 Å². The molecule has 8 heteroatoms. The number of likely N-dealkylation sites (tertiary alicyclic amines) is 1. The van der Waals surface area contributed by atoms with Crippen LogP contribution in [0.1, 0.15) is 54.4 Å². The van der Waals surface area contributed by atoms with Crippen molar-refractivity contribution in [1.29, 1.82) is 0 Å². The fourth-order valence-corrected chi connectivity index (χ4v) is 3.65. The van der Waals surface area contributed by atoms with E-state index in [1.807, 2.05) is 18.7 Å². The quantitative estimate of drug-likeness (QED) is 0.846. The fourth-order valence-electron chi connectivity index (χ4n) is 2.78. The second-order valence-corrected chi connectivity index (χ2v) is 6.74. The summed E-state index contributed by atoms with van der Waals surface area (Å²) in [6, 6.07) is 0.149. The van der Waals surface area contributed by atoms with Crippen LogP contribution in [0.3, 0.4) is 0 Å². The number of carbonyl (C=O) groups excluding carboxylic acids is 1. The summed E-state index contributed by atoms with van der Waals surface area (Å²) in [5.74, 6) is 0.697. The number of carbonyl (C=O) groups is 1. The van der Waals surface area contributed by atoms with Gasteiger partial charge in [-0.05, 0) is 32.6 Å². The maximum atomic E-state index is 12.7.